The van der Waals surface area contributed by atoms with Crippen molar-refractivity contribution >= 4 is 0 Å². The molecule has 1 N–H and O–H groups in total. The van der Waals surface area contributed by atoms with Gasteiger partial charge in [-0.3, -0.25) is 9.80 Å². The van der Waals surface area contributed by atoms with Gasteiger partial charge in [-0.05, 0) is 33.4 Å². The highest BCUT2D eigenvalue weighted by Gasteiger charge is 2.35. The van der Waals surface area contributed by atoms with Gasteiger partial charge >= 0.3 is 0 Å². The lowest BCUT2D eigenvalue weighted by atomic mass is 9.81. The van der Waals surface area contributed by atoms with Crippen LogP contribution in [-0.4, -0.2) is 75.4 Å². The Balaban J connectivity index is 1.90. The van der Waals surface area contributed by atoms with Gasteiger partial charge in [-0.15, -0.1) is 0 Å². The Morgan fingerprint density at radius 3 is 2.79 bits per heavy atom. The minimum absolute atomic E-state index is 0.334. The van der Waals surface area contributed by atoms with Crippen LogP contribution in [0.1, 0.15) is 26.7 Å². The van der Waals surface area contributed by atoms with Crippen LogP contribution >= 0.6 is 0 Å². The summed E-state index contributed by atoms with van der Waals surface area (Å²) in [5, 5.41) is 3.38. The summed E-state index contributed by atoms with van der Waals surface area (Å²) in [7, 11) is 2.06. The molecule has 0 aliphatic carbocycles. The molecule has 0 amide bonds. The van der Waals surface area contributed by atoms with E-state index in [2.05, 4.69) is 36.0 Å². The SMILES string of the molecule is CCN1CCN(CC2(CNC)CCCOC2)CC1C. The molecule has 0 aromatic rings. The van der Waals surface area contributed by atoms with Crippen LogP contribution in [0.4, 0.5) is 0 Å². The number of hydrogen-bond donors (Lipinski definition) is 1. The fourth-order valence-corrected chi connectivity index (χ4v) is 3.76. The maximum Gasteiger partial charge on any atom is 0.0546 e. The Hall–Kier alpha value is -0.160. The molecule has 2 aliphatic heterocycles. The molecule has 0 aromatic heterocycles. The van der Waals surface area contributed by atoms with E-state index in [1.165, 1.54) is 45.6 Å². The number of ether oxygens (including phenoxy) is 1. The summed E-state index contributed by atoms with van der Waals surface area (Å²) < 4.78 is 5.77. The predicted molar refractivity (Wildman–Crippen MR) is 79.6 cm³/mol. The van der Waals surface area contributed by atoms with Crippen molar-refractivity contribution in [2.75, 3.05) is 59.5 Å². The second-order valence-electron chi connectivity index (χ2n) is 6.40. The highest BCUT2D eigenvalue weighted by Crippen LogP contribution is 2.29. The standard InChI is InChI=1S/C15H31N3O/c1-4-18-8-7-17(10-14(18)2)12-15(11-16-3)6-5-9-19-13-15/h14,16H,4-13H2,1-3H3. The molecule has 2 atom stereocenters. The van der Waals surface area contributed by atoms with Crippen LogP contribution in [0, 0.1) is 5.41 Å². The quantitative estimate of drug-likeness (QED) is 0.807. The van der Waals surface area contributed by atoms with Gasteiger partial charge in [0.05, 0.1) is 6.61 Å². The van der Waals surface area contributed by atoms with E-state index in [0.717, 1.165) is 19.8 Å². The number of rotatable bonds is 5. The first kappa shape index (κ1) is 15.2. The molecule has 0 radical (unpaired) electrons. The first-order valence-electron chi connectivity index (χ1n) is 7.88. The molecule has 2 rings (SSSR count). The summed E-state index contributed by atoms with van der Waals surface area (Å²) in [4.78, 5) is 5.24. The van der Waals surface area contributed by atoms with Crippen LogP contribution < -0.4 is 5.32 Å². The third kappa shape index (κ3) is 3.91. The third-order valence-electron chi connectivity index (χ3n) is 4.77. The highest BCUT2D eigenvalue weighted by molar-refractivity contribution is 4.89. The summed E-state index contributed by atoms with van der Waals surface area (Å²) in [5.74, 6) is 0. The fourth-order valence-electron chi connectivity index (χ4n) is 3.76. The van der Waals surface area contributed by atoms with E-state index >= 15 is 0 Å². The second kappa shape index (κ2) is 7.02. The van der Waals surface area contributed by atoms with E-state index in [9.17, 15) is 0 Å². The zero-order valence-electron chi connectivity index (χ0n) is 13.0. The lowest BCUT2D eigenvalue weighted by Gasteiger charge is -2.45. The molecular formula is C15H31N3O. The van der Waals surface area contributed by atoms with Crippen molar-refractivity contribution in [2.24, 2.45) is 5.41 Å². The van der Waals surface area contributed by atoms with Crippen molar-refractivity contribution in [3.05, 3.63) is 0 Å². The minimum atomic E-state index is 0.334. The largest absolute Gasteiger partial charge is 0.381 e. The molecule has 0 aromatic carbocycles. The van der Waals surface area contributed by atoms with Gasteiger partial charge in [-0.25, -0.2) is 0 Å². The Morgan fingerprint density at radius 2 is 2.21 bits per heavy atom. The predicted octanol–water partition coefficient (Wildman–Crippen LogP) is 1.03. The summed E-state index contributed by atoms with van der Waals surface area (Å²) in [6, 6.07) is 0.690. The number of piperazine rings is 1. The van der Waals surface area contributed by atoms with Gasteiger partial charge < -0.3 is 10.1 Å². The van der Waals surface area contributed by atoms with E-state index in [-0.39, 0.29) is 0 Å². The van der Waals surface area contributed by atoms with Crippen molar-refractivity contribution in [3.8, 4) is 0 Å². The van der Waals surface area contributed by atoms with Gasteiger partial charge in [0.15, 0.2) is 0 Å². The van der Waals surface area contributed by atoms with Gasteiger partial charge in [0.1, 0.15) is 0 Å². The van der Waals surface area contributed by atoms with Crippen molar-refractivity contribution in [3.63, 3.8) is 0 Å². The molecule has 2 heterocycles. The zero-order chi connectivity index (χ0) is 13.7. The maximum absolute atomic E-state index is 5.77. The summed E-state index contributed by atoms with van der Waals surface area (Å²) in [6.45, 7) is 13.6. The normalized spacial score (nSPS) is 34.6. The van der Waals surface area contributed by atoms with E-state index < -0.39 is 0 Å². The first-order valence-corrected chi connectivity index (χ1v) is 7.88. The number of hydrogen-bond acceptors (Lipinski definition) is 4. The molecule has 0 saturated carbocycles. The van der Waals surface area contributed by atoms with Crippen molar-refractivity contribution in [2.45, 2.75) is 32.7 Å². The van der Waals surface area contributed by atoms with Gasteiger partial charge in [-0.2, -0.15) is 0 Å². The van der Waals surface area contributed by atoms with Gasteiger partial charge in [0.25, 0.3) is 0 Å². The number of nitrogens with one attached hydrogen (secondary N) is 1. The highest BCUT2D eigenvalue weighted by atomic mass is 16.5. The average molecular weight is 269 g/mol. The van der Waals surface area contributed by atoms with Crippen molar-refractivity contribution < 1.29 is 4.74 Å². The lowest BCUT2D eigenvalue weighted by molar-refractivity contribution is -0.0369. The van der Waals surface area contributed by atoms with E-state index in [4.69, 9.17) is 4.74 Å². The zero-order valence-corrected chi connectivity index (χ0v) is 13.0. The molecule has 19 heavy (non-hydrogen) atoms. The molecule has 4 heteroatoms. The molecule has 0 bridgehead atoms. The third-order valence-corrected chi connectivity index (χ3v) is 4.77. The summed E-state index contributed by atoms with van der Waals surface area (Å²) >= 11 is 0. The molecule has 0 spiro atoms. The molecule has 4 nitrogen and oxygen atoms in total. The molecule has 2 aliphatic rings. The summed E-state index contributed by atoms with van der Waals surface area (Å²) in [5.41, 5.74) is 0.334. The Morgan fingerprint density at radius 1 is 1.37 bits per heavy atom. The van der Waals surface area contributed by atoms with Gasteiger partial charge in [0.2, 0.25) is 0 Å². The Labute approximate surface area is 118 Å². The van der Waals surface area contributed by atoms with Gasteiger partial charge in [-0.1, -0.05) is 6.92 Å². The molecule has 2 saturated heterocycles. The van der Waals surface area contributed by atoms with Crippen molar-refractivity contribution in [1.82, 2.24) is 15.1 Å². The monoisotopic (exact) mass is 269 g/mol. The number of likely N-dealkylation sites (N-methyl/N-ethyl adjacent to an activating group) is 1. The Bertz CT molecular complexity index is 261. The number of nitrogens with zero attached hydrogens (tertiary/aromatic N) is 2. The fraction of sp³-hybridized carbons (Fsp3) is 1.00. The smallest absolute Gasteiger partial charge is 0.0546 e. The van der Waals surface area contributed by atoms with Crippen LogP contribution in [0.5, 0.6) is 0 Å². The van der Waals surface area contributed by atoms with Crippen LogP contribution in [0.25, 0.3) is 0 Å². The molecule has 2 fully saturated rings. The second-order valence-corrected chi connectivity index (χ2v) is 6.40. The first-order chi connectivity index (χ1) is 9.19. The van der Waals surface area contributed by atoms with E-state index in [0.29, 0.717) is 11.5 Å². The Kier molecular flexibility index (Phi) is 5.63. The van der Waals surface area contributed by atoms with Crippen LogP contribution in [0.3, 0.4) is 0 Å². The van der Waals surface area contributed by atoms with E-state index in [1.807, 2.05) is 0 Å². The van der Waals surface area contributed by atoms with Gasteiger partial charge in [0, 0.05) is 50.8 Å². The van der Waals surface area contributed by atoms with Crippen molar-refractivity contribution in [1.29, 1.82) is 0 Å². The average Bonchev–Trinajstić information content (AvgIpc) is 2.40. The molecule has 112 valence electrons. The summed E-state index contributed by atoms with van der Waals surface area (Å²) in [6.07, 6.45) is 2.52. The van der Waals surface area contributed by atoms with E-state index in [1.54, 1.807) is 0 Å². The van der Waals surface area contributed by atoms with Crippen LogP contribution in [0.2, 0.25) is 0 Å². The van der Waals surface area contributed by atoms with Crippen LogP contribution in [0.15, 0.2) is 0 Å². The maximum atomic E-state index is 5.77. The van der Waals surface area contributed by atoms with Crippen LogP contribution in [-0.2, 0) is 4.74 Å². The topological polar surface area (TPSA) is 27.7 Å². The molecule has 2 unspecified atom stereocenters. The lowest BCUT2D eigenvalue weighted by Crippen LogP contribution is -2.56. The molecular weight excluding hydrogens is 238 g/mol. The minimum Gasteiger partial charge on any atom is -0.381 e.